The average molecular weight is 428 g/mol. The lowest BCUT2D eigenvalue weighted by Gasteiger charge is -2.12. The molecule has 0 aliphatic rings. The molecule has 0 unspecified atom stereocenters. The zero-order valence-electron chi connectivity index (χ0n) is 17.1. The standard InChI is InChI=1S/C28H17N3S/c1-2-9-18(10-3-1)19-13-8-16-29-27(19)31-22-14-6-4-11-20(22)25-23(31)17-30-28-26(25)21-12-5-7-15-24(21)32-28/h1-17H. The zero-order valence-corrected chi connectivity index (χ0v) is 17.9. The number of thiophene rings is 1. The van der Waals surface area contributed by atoms with Crippen LogP contribution in [0.2, 0.25) is 0 Å². The van der Waals surface area contributed by atoms with Crippen LogP contribution in [0, 0.1) is 0 Å². The van der Waals surface area contributed by atoms with Crippen molar-refractivity contribution in [1.29, 1.82) is 0 Å². The summed E-state index contributed by atoms with van der Waals surface area (Å²) in [5.41, 5.74) is 4.48. The third-order valence-corrected chi connectivity index (χ3v) is 7.20. The van der Waals surface area contributed by atoms with Crippen molar-refractivity contribution in [3.63, 3.8) is 0 Å². The molecule has 0 saturated heterocycles. The molecule has 4 heteroatoms. The van der Waals surface area contributed by atoms with E-state index in [0.717, 1.165) is 32.8 Å². The van der Waals surface area contributed by atoms with Gasteiger partial charge in [0.05, 0.1) is 17.2 Å². The third kappa shape index (κ3) is 2.41. The summed E-state index contributed by atoms with van der Waals surface area (Å²) in [5, 5.41) is 4.96. The van der Waals surface area contributed by atoms with Gasteiger partial charge < -0.3 is 0 Å². The molecule has 0 aliphatic carbocycles. The van der Waals surface area contributed by atoms with Crippen LogP contribution in [0.15, 0.2) is 103 Å². The number of nitrogens with zero attached hydrogens (tertiary/aromatic N) is 3. The van der Waals surface area contributed by atoms with E-state index >= 15 is 0 Å². The molecule has 7 aromatic rings. The number of para-hydroxylation sites is 1. The molecule has 7 rings (SSSR count). The predicted molar refractivity (Wildman–Crippen MR) is 135 cm³/mol. The molecule has 4 heterocycles. The highest BCUT2D eigenvalue weighted by Gasteiger charge is 2.20. The highest BCUT2D eigenvalue weighted by Crippen LogP contribution is 2.42. The van der Waals surface area contributed by atoms with Crippen LogP contribution < -0.4 is 0 Å². The summed E-state index contributed by atoms with van der Waals surface area (Å²) in [6.07, 6.45) is 3.88. The molecule has 3 nitrogen and oxygen atoms in total. The molecule has 0 amide bonds. The molecule has 0 bridgehead atoms. The Morgan fingerprint density at radius 2 is 1.41 bits per heavy atom. The summed E-state index contributed by atoms with van der Waals surface area (Å²) in [6.45, 7) is 0. The molecule has 3 aromatic carbocycles. The lowest BCUT2D eigenvalue weighted by atomic mass is 10.1. The Balaban J connectivity index is 1.68. The van der Waals surface area contributed by atoms with Crippen molar-refractivity contribution in [1.82, 2.24) is 14.5 Å². The number of fused-ring (bicyclic) bond motifs is 7. The van der Waals surface area contributed by atoms with Crippen molar-refractivity contribution in [2.45, 2.75) is 0 Å². The van der Waals surface area contributed by atoms with Crippen molar-refractivity contribution in [2.75, 3.05) is 0 Å². The minimum Gasteiger partial charge on any atom is -0.292 e. The van der Waals surface area contributed by atoms with Gasteiger partial charge in [-0.2, -0.15) is 0 Å². The maximum Gasteiger partial charge on any atom is 0.145 e. The van der Waals surface area contributed by atoms with Gasteiger partial charge >= 0.3 is 0 Å². The molecule has 150 valence electrons. The molecule has 0 radical (unpaired) electrons. The Kier molecular flexibility index (Phi) is 3.72. The van der Waals surface area contributed by atoms with Crippen molar-refractivity contribution in [2.24, 2.45) is 0 Å². The Hall–Kier alpha value is -4.02. The van der Waals surface area contributed by atoms with Crippen molar-refractivity contribution in [3.8, 4) is 16.9 Å². The number of aromatic nitrogens is 3. The molecule has 0 fully saturated rings. The van der Waals surface area contributed by atoms with E-state index in [1.807, 2.05) is 24.5 Å². The molecule has 0 N–H and O–H groups in total. The molecular weight excluding hydrogens is 410 g/mol. The minimum absolute atomic E-state index is 0.922. The molecular formula is C28H17N3S. The average Bonchev–Trinajstić information content (AvgIpc) is 3.40. The van der Waals surface area contributed by atoms with Gasteiger partial charge in [0.25, 0.3) is 0 Å². The van der Waals surface area contributed by atoms with Crippen molar-refractivity contribution >= 4 is 53.4 Å². The predicted octanol–water partition coefficient (Wildman–Crippen LogP) is 7.61. The summed E-state index contributed by atoms with van der Waals surface area (Å²) in [4.78, 5) is 10.8. The largest absolute Gasteiger partial charge is 0.292 e. The van der Waals surface area contributed by atoms with Crippen LogP contribution in [0.25, 0.3) is 59.1 Å². The number of hydrogen-bond acceptors (Lipinski definition) is 3. The van der Waals surface area contributed by atoms with Gasteiger partial charge in [-0.3, -0.25) is 4.57 Å². The van der Waals surface area contributed by atoms with Gasteiger partial charge in [-0.1, -0.05) is 66.7 Å². The second-order valence-corrected chi connectivity index (χ2v) is 8.92. The second kappa shape index (κ2) is 6.74. The van der Waals surface area contributed by atoms with Gasteiger partial charge in [-0.15, -0.1) is 11.3 Å². The van der Waals surface area contributed by atoms with Crippen LogP contribution in [0.3, 0.4) is 0 Å². The summed E-state index contributed by atoms with van der Waals surface area (Å²) in [6, 6.07) is 31.8. The van der Waals surface area contributed by atoms with Crippen LogP contribution in [-0.2, 0) is 0 Å². The van der Waals surface area contributed by atoms with Gasteiger partial charge in [0.2, 0.25) is 0 Å². The Morgan fingerprint density at radius 1 is 0.625 bits per heavy atom. The van der Waals surface area contributed by atoms with Crippen LogP contribution in [0.4, 0.5) is 0 Å². The minimum atomic E-state index is 0.922. The first kappa shape index (κ1) is 17.6. The topological polar surface area (TPSA) is 30.7 Å². The summed E-state index contributed by atoms with van der Waals surface area (Å²) < 4.78 is 3.54. The van der Waals surface area contributed by atoms with Crippen molar-refractivity contribution in [3.05, 3.63) is 103 Å². The first-order valence-electron chi connectivity index (χ1n) is 10.6. The normalized spacial score (nSPS) is 11.8. The number of benzene rings is 3. The van der Waals surface area contributed by atoms with E-state index in [2.05, 4.69) is 83.4 Å². The van der Waals surface area contributed by atoms with E-state index in [1.54, 1.807) is 11.3 Å². The van der Waals surface area contributed by atoms with E-state index in [9.17, 15) is 0 Å². The maximum atomic E-state index is 4.90. The highest BCUT2D eigenvalue weighted by molar-refractivity contribution is 7.25. The Labute approximate surface area is 188 Å². The van der Waals surface area contributed by atoms with Crippen LogP contribution >= 0.6 is 11.3 Å². The Bertz CT molecular complexity index is 1780. The van der Waals surface area contributed by atoms with Crippen LogP contribution in [-0.4, -0.2) is 14.5 Å². The van der Waals surface area contributed by atoms with Gasteiger partial charge in [-0.05, 0) is 29.8 Å². The summed E-state index contributed by atoms with van der Waals surface area (Å²) in [7, 11) is 0. The van der Waals surface area contributed by atoms with Gasteiger partial charge in [0.1, 0.15) is 10.6 Å². The molecule has 0 saturated carbocycles. The van der Waals surface area contributed by atoms with Crippen LogP contribution in [0.5, 0.6) is 0 Å². The first-order chi connectivity index (χ1) is 15.9. The van der Waals surface area contributed by atoms with E-state index < -0.39 is 0 Å². The van der Waals surface area contributed by atoms with E-state index in [4.69, 9.17) is 9.97 Å². The van der Waals surface area contributed by atoms with E-state index in [0.29, 0.717) is 0 Å². The fourth-order valence-corrected chi connectivity index (χ4v) is 5.83. The summed E-state index contributed by atoms with van der Waals surface area (Å²) in [5.74, 6) is 0.922. The third-order valence-electron chi connectivity index (χ3n) is 6.13. The van der Waals surface area contributed by atoms with E-state index in [1.165, 1.54) is 26.2 Å². The van der Waals surface area contributed by atoms with Crippen LogP contribution in [0.1, 0.15) is 0 Å². The number of hydrogen-bond donors (Lipinski definition) is 0. The molecule has 32 heavy (non-hydrogen) atoms. The van der Waals surface area contributed by atoms with E-state index in [-0.39, 0.29) is 0 Å². The SMILES string of the molecule is c1ccc(-c2cccnc2-n2c3ccccc3c3c4c(ncc32)sc2ccccc24)cc1. The van der Waals surface area contributed by atoms with Gasteiger partial charge in [-0.25, -0.2) is 9.97 Å². The maximum absolute atomic E-state index is 4.90. The monoisotopic (exact) mass is 427 g/mol. The second-order valence-electron chi connectivity index (χ2n) is 7.89. The summed E-state index contributed by atoms with van der Waals surface area (Å²) >= 11 is 1.75. The van der Waals surface area contributed by atoms with Gasteiger partial charge in [0.15, 0.2) is 0 Å². The first-order valence-corrected chi connectivity index (χ1v) is 11.4. The van der Waals surface area contributed by atoms with Crippen molar-refractivity contribution < 1.29 is 0 Å². The fourth-order valence-electron chi connectivity index (χ4n) is 4.78. The fraction of sp³-hybridized carbons (Fsp3) is 0. The number of pyridine rings is 2. The molecule has 0 spiro atoms. The zero-order chi connectivity index (χ0) is 21.1. The highest BCUT2D eigenvalue weighted by atomic mass is 32.1. The lowest BCUT2D eigenvalue weighted by Crippen LogP contribution is -2.00. The lowest BCUT2D eigenvalue weighted by molar-refractivity contribution is 1.08. The number of rotatable bonds is 2. The molecule has 4 aromatic heterocycles. The quantitative estimate of drug-likeness (QED) is 0.284. The molecule has 0 aliphatic heterocycles. The van der Waals surface area contributed by atoms with Gasteiger partial charge in [0, 0.05) is 38.0 Å². The molecule has 0 atom stereocenters. The Morgan fingerprint density at radius 3 is 2.31 bits per heavy atom. The smallest absolute Gasteiger partial charge is 0.145 e.